The van der Waals surface area contributed by atoms with Crippen molar-refractivity contribution in [3.63, 3.8) is 0 Å². The van der Waals surface area contributed by atoms with Gasteiger partial charge >= 0.3 is 0 Å². The summed E-state index contributed by atoms with van der Waals surface area (Å²) in [5.41, 5.74) is 2.67. The number of hydrogen-bond donors (Lipinski definition) is 1. The molecule has 1 aliphatic rings. The van der Waals surface area contributed by atoms with Crippen molar-refractivity contribution in [1.29, 1.82) is 0 Å². The van der Waals surface area contributed by atoms with Gasteiger partial charge in [-0.1, -0.05) is 19.1 Å². The SMILES string of the molecule is Cc1ccc(C)c(S(=O)(=O)Nc2ccc(N3CCC(C)CC3)cn2)c1. The Morgan fingerprint density at radius 3 is 2.48 bits per heavy atom. The lowest BCUT2D eigenvalue weighted by Gasteiger charge is -2.31. The summed E-state index contributed by atoms with van der Waals surface area (Å²) in [4.78, 5) is 6.90. The van der Waals surface area contributed by atoms with Gasteiger partial charge in [0.15, 0.2) is 0 Å². The van der Waals surface area contributed by atoms with Crippen molar-refractivity contribution >= 4 is 21.5 Å². The third-order valence-corrected chi connectivity index (χ3v) is 6.27. The fraction of sp³-hybridized carbons (Fsp3) is 0.421. The lowest BCUT2D eigenvalue weighted by atomic mass is 9.99. The summed E-state index contributed by atoms with van der Waals surface area (Å²) >= 11 is 0. The lowest BCUT2D eigenvalue weighted by molar-refractivity contribution is 0.438. The number of pyridine rings is 1. The summed E-state index contributed by atoms with van der Waals surface area (Å²) < 4.78 is 27.9. The second-order valence-corrected chi connectivity index (χ2v) is 8.60. The largest absolute Gasteiger partial charge is 0.370 e. The quantitative estimate of drug-likeness (QED) is 0.903. The molecule has 1 aromatic carbocycles. The standard InChI is InChI=1S/C19H25N3O2S/c1-14-8-10-22(11-9-14)17-6-7-19(20-13-17)21-25(23,24)18-12-15(2)4-5-16(18)3/h4-7,12-14H,8-11H2,1-3H3,(H,20,21). The summed E-state index contributed by atoms with van der Waals surface area (Å²) in [6.07, 6.45) is 4.11. The Kier molecular flexibility index (Phi) is 4.99. The molecule has 0 spiro atoms. The summed E-state index contributed by atoms with van der Waals surface area (Å²) in [6.45, 7) is 8.00. The van der Waals surface area contributed by atoms with E-state index in [9.17, 15) is 8.42 Å². The van der Waals surface area contributed by atoms with Gasteiger partial charge in [-0.2, -0.15) is 0 Å². The number of nitrogens with zero attached hydrogens (tertiary/aromatic N) is 2. The number of nitrogens with one attached hydrogen (secondary N) is 1. The lowest BCUT2D eigenvalue weighted by Crippen LogP contribution is -2.32. The Morgan fingerprint density at radius 2 is 1.84 bits per heavy atom. The van der Waals surface area contributed by atoms with E-state index < -0.39 is 10.0 Å². The molecule has 0 unspecified atom stereocenters. The molecule has 0 amide bonds. The van der Waals surface area contributed by atoms with Gasteiger partial charge in [-0.05, 0) is 61.9 Å². The van der Waals surface area contributed by atoms with Gasteiger partial charge in [-0.15, -0.1) is 0 Å². The average molecular weight is 359 g/mol. The molecule has 6 heteroatoms. The Morgan fingerprint density at radius 1 is 1.12 bits per heavy atom. The summed E-state index contributed by atoms with van der Waals surface area (Å²) in [5, 5.41) is 0. The maximum absolute atomic E-state index is 12.6. The predicted octanol–water partition coefficient (Wildman–Crippen LogP) is 3.74. The van der Waals surface area contributed by atoms with Crippen LogP contribution in [0.2, 0.25) is 0 Å². The van der Waals surface area contributed by atoms with Crippen molar-refractivity contribution in [2.24, 2.45) is 5.92 Å². The molecular weight excluding hydrogens is 334 g/mol. The maximum atomic E-state index is 12.6. The second-order valence-electron chi connectivity index (χ2n) is 6.95. The summed E-state index contributed by atoms with van der Waals surface area (Å²) in [7, 11) is -3.64. The van der Waals surface area contributed by atoms with Crippen LogP contribution in [0, 0.1) is 19.8 Å². The van der Waals surface area contributed by atoms with E-state index in [0.717, 1.165) is 35.8 Å². The highest BCUT2D eigenvalue weighted by Crippen LogP contribution is 2.24. The smallest absolute Gasteiger partial charge is 0.263 e. The van der Waals surface area contributed by atoms with E-state index in [-0.39, 0.29) is 0 Å². The molecule has 0 saturated carbocycles. The molecule has 0 bridgehead atoms. The van der Waals surface area contributed by atoms with Crippen molar-refractivity contribution in [2.75, 3.05) is 22.7 Å². The van der Waals surface area contributed by atoms with Crippen LogP contribution < -0.4 is 9.62 Å². The van der Waals surface area contributed by atoms with Crippen molar-refractivity contribution in [3.8, 4) is 0 Å². The van der Waals surface area contributed by atoms with Crippen LogP contribution in [-0.2, 0) is 10.0 Å². The molecule has 25 heavy (non-hydrogen) atoms. The monoisotopic (exact) mass is 359 g/mol. The Hall–Kier alpha value is -2.08. The molecule has 0 aliphatic carbocycles. The molecule has 134 valence electrons. The molecule has 1 N–H and O–H groups in total. The number of rotatable bonds is 4. The van der Waals surface area contributed by atoms with Crippen molar-refractivity contribution in [1.82, 2.24) is 4.98 Å². The molecule has 1 aliphatic heterocycles. The molecule has 5 nitrogen and oxygen atoms in total. The molecule has 3 rings (SSSR count). The van der Waals surface area contributed by atoms with Gasteiger partial charge in [0.2, 0.25) is 0 Å². The van der Waals surface area contributed by atoms with E-state index in [2.05, 4.69) is 21.5 Å². The van der Waals surface area contributed by atoms with Gasteiger partial charge in [-0.3, -0.25) is 4.72 Å². The molecule has 1 saturated heterocycles. The zero-order chi connectivity index (χ0) is 18.0. The first-order valence-electron chi connectivity index (χ1n) is 8.66. The van der Waals surface area contributed by atoms with Crippen LogP contribution in [0.3, 0.4) is 0 Å². The second kappa shape index (κ2) is 7.04. The zero-order valence-corrected chi connectivity index (χ0v) is 15.8. The van der Waals surface area contributed by atoms with Crippen molar-refractivity contribution in [3.05, 3.63) is 47.7 Å². The van der Waals surface area contributed by atoms with Gasteiger partial charge in [0.05, 0.1) is 16.8 Å². The highest BCUT2D eigenvalue weighted by molar-refractivity contribution is 7.92. The van der Waals surface area contributed by atoms with Crippen LogP contribution in [-0.4, -0.2) is 26.5 Å². The molecule has 1 fully saturated rings. The first kappa shape index (κ1) is 17.7. The van der Waals surface area contributed by atoms with Crippen LogP contribution in [0.4, 0.5) is 11.5 Å². The fourth-order valence-electron chi connectivity index (χ4n) is 3.09. The highest BCUT2D eigenvalue weighted by Gasteiger charge is 2.19. The minimum Gasteiger partial charge on any atom is -0.370 e. The van der Waals surface area contributed by atoms with Gasteiger partial charge < -0.3 is 4.90 Å². The number of piperidine rings is 1. The molecule has 0 radical (unpaired) electrons. The molecular formula is C19H25N3O2S. The minimum atomic E-state index is -3.64. The summed E-state index contributed by atoms with van der Waals surface area (Å²) in [5.74, 6) is 1.11. The molecule has 2 aromatic rings. The molecule has 1 aromatic heterocycles. The van der Waals surface area contributed by atoms with E-state index >= 15 is 0 Å². The van der Waals surface area contributed by atoms with Crippen molar-refractivity contribution in [2.45, 2.75) is 38.5 Å². The topological polar surface area (TPSA) is 62.3 Å². The van der Waals surface area contributed by atoms with Gasteiger partial charge in [0.25, 0.3) is 10.0 Å². The molecule has 2 heterocycles. The Balaban J connectivity index is 1.75. The first-order chi connectivity index (χ1) is 11.8. The normalized spacial score (nSPS) is 16.0. The Bertz CT molecular complexity index is 839. The van der Waals surface area contributed by atoms with Crippen LogP contribution in [0.1, 0.15) is 30.9 Å². The van der Waals surface area contributed by atoms with Crippen LogP contribution in [0.5, 0.6) is 0 Å². The third kappa shape index (κ3) is 4.12. The minimum absolute atomic E-state index is 0.295. The number of sulfonamides is 1. The van der Waals surface area contributed by atoms with Crippen LogP contribution >= 0.6 is 0 Å². The van der Waals surface area contributed by atoms with E-state index in [0.29, 0.717) is 10.7 Å². The first-order valence-corrected chi connectivity index (χ1v) is 10.1. The van der Waals surface area contributed by atoms with Gasteiger partial charge in [-0.25, -0.2) is 13.4 Å². The number of hydrogen-bond acceptors (Lipinski definition) is 4. The van der Waals surface area contributed by atoms with Gasteiger partial charge in [0, 0.05) is 13.1 Å². The van der Waals surface area contributed by atoms with Crippen molar-refractivity contribution < 1.29 is 8.42 Å². The molecule has 0 atom stereocenters. The number of aryl methyl sites for hydroxylation is 2. The third-order valence-electron chi connectivity index (χ3n) is 4.77. The average Bonchev–Trinajstić information content (AvgIpc) is 2.58. The number of aromatic nitrogens is 1. The van der Waals surface area contributed by atoms with E-state index in [1.165, 1.54) is 12.8 Å². The van der Waals surface area contributed by atoms with Gasteiger partial charge in [0.1, 0.15) is 5.82 Å². The van der Waals surface area contributed by atoms with E-state index in [1.54, 1.807) is 25.3 Å². The van der Waals surface area contributed by atoms with E-state index in [1.807, 2.05) is 25.1 Å². The fourth-order valence-corrected chi connectivity index (χ4v) is 4.43. The maximum Gasteiger partial charge on any atom is 0.263 e. The predicted molar refractivity (Wildman–Crippen MR) is 102 cm³/mol. The van der Waals surface area contributed by atoms with E-state index in [4.69, 9.17) is 0 Å². The van der Waals surface area contributed by atoms with Crippen LogP contribution in [0.15, 0.2) is 41.4 Å². The van der Waals surface area contributed by atoms with Crippen LogP contribution in [0.25, 0.3) is 0 Å². The number of anilines is 2. The Labute approximate surface area is 150 Å². The summed E-state index contributed by atoms with van der Waals surface area (Å²) in [6, 6.07) is 9.07. The highest BCUT2D eigenvalue weighted by atomic mass is 32.2. The zero-order valence-electron chi connectivity index (χ0n) is 15.0. The number of benzene rings is 1.